The van der Waals surface area contributed by atoms with Gasteiger partial charge >= 0.3 is 0 Å². The number of hydrogen-bond donors (Lipinski definition) is 1. The maximum absolute atomic E-state index is 5.32. The molecule has 3 aromatic heterocycles. The minimum atomic E-state index is 0. The molecular weight excluding hydrogens is 370 g/mol. The Morgan fingerprint density at radius 1 is 1.25 bits per heavy atom. The zero-order chi connectivity index (χ0) is 19.0. The topological polar surface area (TPSA) is 66.9 Å². The van der Waals surface area contributed by atoms with E-state index in [1.165, 1.54) is 17.5 Å². The fourth-order valence-electron chi connectivity index (χ4n) is 4.12. The lowest BCUT2D eigenvalue weighted by Gasteiger charge is -2.24. The number of hydrogen-bond acceptors (Lipinski definition) is 5. The largest absolute Gasteiger partial charge is 0.481 e. The molecule has 0 saturated carbocycles. The van der Waals surface area contributed by atoms with Crippen molar-refractivity contribution in [2.75, 3.05) is 20.2 Å². The van der Waals surface area contributed by atoms with Crippen LogP contribution in [0.3, 0.4) is 0 Å². The van der Waals surface area contributed by atoms with Crippen LogP contribution >= 0.6 is 13.5 Å². The third-order valence-electron chi connectivity index (χ3n) is 5.55. The number of nitrogens with zero attached hydrogens (tertiary/aromatic N) is 4. The van der Waals surface area contributed by atoms with Gasteiger partial charge in [0.2, 0.25) is 5.88 Å². The van der Waals surface area contributed by atoms with Crippen molar-refractivity contribution in [2.45, 2.75) is 39.7 Å². The van der Waals surface area contributed by atoms with Crippen LogP contribution in [0.1, 0.15) is 42.0 Å². The van der Waals surface area contributed by atoms with E-state index in [0.717, 1.165) is 42.2 Å². The van der Waals surface area contributed by atoms with Gasteiger partial charge in [0.1, 0.15) is 5.82 Å². The van der Waals surface area contributed by atoms with Crippen LogP contribution in [0.15, 0.2) is 24.4 Å². The fourth-order valence-corrected chi connectivity index (χ4v) is 4.12. The van der Waals surface area contributed by atoms with Crippen molar-refractivity contribution in [1.29, 1.82) is 0 Å². The molecule has 4 heterocycles. The normalized spacial score (nSPS) is 18.2. The van der Waals surface area contributed by atoms with Crippen LogP contribution in [-0.2, 0) is 6.42 Å². The van der Waals surface area contributed by atoms with Gasteiger partial charge in [-0.25, -0.2) is 15.0 Å². The van der Waals surface area contributed by atoms with E-state index in [1.807, 2.05) is 20.0 Å². The second kappa shape index (κ2) is 8.49. The number of rotatable bonds is 5. The summed E-state index contributed by atoms with van der Waals surface area (Å²) in [7, 11) is 1.68. The number of pyridine rings is 2. The smallest absolute Gasteiger partial charge is 0.213 e. The van der Waals surface area contributed by atoms with Gasteiger partial charge in [-0.1, -0.05) is 0 Å². The monoisotopic (exact) mass is 399 g/mol. The van der Waals surface area contributed by atoms with E-state index in [9.17, 15) is 0 Å². The second-order valence-corrected chi connectivity index (χ2v) is 7.65. The summed E-state index contributed by atoms with van der Waals surface area (Å²) in [6.07, 6.45) is 4.25. The first-order chi connectivity index (χ1) is 13.0. The number of nitrogens with one attached hydrogen (secondary N) is 1. The van der Waals surface area contributed by atoms with Crippen LogP contribution in [0.4, 0.5) is 0 Å². The fraction of sp³-hybridized carbons (Fsp3) is 0.476. The van der Waals surface area contributed by atoms with Gasteiger partial charge in [0, 0.05) is 30.5 Å². The van der Waals surface area contributed by atoms with E-state index < -0.39 is 0 Å². The summed E-state index contributed by atoms with van der Waals surface area (Å²) in [6, 6.07) is 6.78. The third-order valence-corrected chi connectivity index (χ3v) is 5.55. The van der Waals surface area contributed by atoms with E-state index in [4.69, 9.17) is 4.74 Å². The van der Waals surface area contributed by atoms with Crippen LogP contribution < -0.4 is 4.74 Å². The Morgan fingerprint density at radius 2 is 2.07 bits per heavy atom. The summed E-state index contributed by atoms with van der Waals surface area (Å²) in [4.78, 5) is 19.2. The summed E-state index contributed by atoms with van der Waals surface area (Å²) in [5, 5.41) is 0. The second-order valence-electron chi connectivity index (χ2n) is 7.65. The predicted molar refractivity (Wildman–Crippen MR) is 116 cm³/mol. The molecular formula is C21H29N5OS. The van der Waals surface area contributed by atoms with Crippen LogP contribution in [0.2, 0.25) is 0 Å². The lowest BCUT2D eigenvalue weighted by atomic mass is 9.99. The number of aromatic nitrogens is 4. The number of aryl methyl sites for hydroxylation is 2. The summed E-state index contributed by atoms with van der Waals surface area (Å²) in [6.45, 7) is 8.48. The third kappa shape index (κ3) is 4.31. The SMILES string of the molecule is COc1cc(C[C@H]2CCN(C(C)c3cnc4nc(C)[nH]c4c3)C2)cc(C)n1.S. The van der Waals surface area contributed by atoms with E-state index in [1.54, 1.807) is 7.11 Å². The summed E-state index contributed by atoms with van der Waals surface area (Å²) in [5.74, 6) is 2.28. The first-order valence-electron chi connectivity index (χ1n) is 9.59. The van der Waals surface area contributed by atoms with Crippen LogP contribution in [0.25, 0.3) is 11.2 Å². The molecule has 0 amide bonds. The molecule has 28 heavy (non-hydrogen) atoms. The highest BCUT2D eigenvalue weighted by atomic mass is 32.1. The molecule has 7 heteroatoms. The van der Waals surface area contributed by atoms with Gasteiger partial charge in [0.05, 0.1) is 12.6 Å². The van der Waals surface area contributed by atoms with Crippen molar-refractivity contribution in [2.24, 2.45) is 5.92 Å². The van der Waals surface area contributed by atoms with Crippen molar-refractivity contribution >= 4 is 24.7 Å². The molecule has 1 aliphatic rings. The molecule has 6 nitrogen and oxygen atoms in total. The average molecular weight is 400 g/mol. The number of imidazole rings is 1. The van der Waals surface area contributed by atoms with E-state index >= 15 is 0 Å². The molecule has 0 radical (unpaired) electrons. The van der Waals surface area contributed by atoms with E-state index in [-0.39, 0.29) is 13.5 Å². The molecule has 1 fully saturated rings. The molecule has 1 saturated heterocycles. The molecule has 1 N–H and O–H groups in total. The van der Waals surface area contributed by atoms with Gasteiger partial charge in [-0.2, -0.15) is 13.5 Å². The van der Waals surface area contributed by atoms with Crippen LogP contribution in [0, 0.1) is 19.8 Å². The van der Waals surface area contributed by atoms with Crippen molar-refractivity contribution in [3.63, 3.8) is 0 Å². The first-order valence-corrected chi connectivity index (χ1v) is 9.59. The van der Waals surface area contributed by atoms with E-state index in [0.29, 0.717) is 17.8 Å². The molecule has 150 valence electrons. The highest BCUT2D eigenvalue weighted by Crippen LogP contribution is 2.30. The summed E-state index contributed by atoms with van der Waals surface area (Å²) >= 11 is 0. The molecule has 0 aliphatic carbocycles. The lowest BCUT2D eigenvalue weighted by molar-refractivity contribution is 0.252. The molecule has 1 unspecified atom stereocenters. The number of aromatic amines is 1. The van der Waals surface area contributed by atoms with Crippen molar-refractivity contribution in [3.8, 4) is 5.88 Å². The van der Waals surface area contributed by atoms with Gasteiger partial charge < -0.3 is 9.72 Å². The van der Waals surface area contributed by atoms with Crippen LogP contribution in [0.5, 0.6) is 5.88 Å². The van der Waals surface area contributed by atoms with Gasteiger partial charge in [0.25, 0.3) is 0 Å². The Labute approximate surface area is 173 Å². The number of ether oxygens (including phenoxy) is 1. The molecule has 1 aliphatic heterocycles. The highest BCUT2D eigenvalue weighted by Gasteiger charge is 2.27. The zero-order valence-electron chi connectivity index (χ0n) is 17.0. The Hall–Kier alpha value is -2.12. The maximum Gasteiger partial charge on any atom is 0.213 e. The summed E-state index contributed by atoms with van der Waals surface area (Å²) in [5.41, 5.74) is 5.39. The molecule has 4 rings (SSSR count). The molecule has 0 spiro atoms. The summed E-state index contributed by atoms with van der Waals surface area (Å²) < 4.78 is 5.32. The molecule has 3 aromatic rings. The number of H-pyrrole nitrogens is 1. The van der Waals surface area contributed by atoms with Gasteiger partial charge in [-0.3, -0.25) is 4.90 Å². The van der Waals surface area contributed by atoms with Crippen LogP contribution in [-0.4, -0.2) is 45.0 Å². The van der Waals surface area contributed by atoms with E-state index in [2.05, 4.69) is 50.0 Å². The van der Waals surface area contributed by atoms with Crippen molar-refractivity contribution < 1.29 is 4.74 Å². The predicted octanol–water partition coefficient (Wildman–Crippen LogP) is 3.72. The average Bonchev–Trinajstić information content (AvgIpc) is 3.25. The number of likely N-dealkylation sites (tertiary alicyclic amines) is 1. The standard InChI is InChI=1S/C21H27N5O.H2S/c1-13-7-17(9-20(23-13)27-4)8-16-5-6-26(12-16)14(2)18-10-19-21(22-11-18)25-15(3)24-19;/h7,9-11,14,16H,5-6,8,12H2,1-4H3,(H,22,24,25);1H2/t14?,16-;/m1./s1. The first kappa shape index (κ1) is 20.6. The Balaban J connectivity index is 0.00000225. The minimum absolute atomic E-state index is 0. The highest BCUT2D eigenvalue weighted by molar-refractivity contribution is 7.59. The van der Waals surface area contributed by atoms with Crippen molar-refractivity contribution in [3.05, 3.63) is 47.0 Å². The van der Waals surface area contributed by atoms with Gasteiger partial charge in [-0.05, 0) is 69.3 Å². The quantitative estimate of drug-likeness (QED) is 0.708. The molecule has 0 bridgehead atoms. The lowest BCUT2D eigenvalue weighted by Crippen LogP contribution is -2.25. The Morgan fingerprint density at radius 3 is 2.86 bits per heavy atom. The van der Waals surface area contributed by atoms with Crippen molar-refractivity contribution in [1.82, 2.24) is 24.8 Å². The Kier molecular flexibility index (Phi) is 6.25. The maximum atomic E-state index is 5.32. The number of methoxy groups -OCH3 is 1. The molecule has 0 aromatic carbocycles. The zero-order valence-corrected chi connectivity index (χ0v) is 18.0. The van der Waals surface area contributed by atoms with Gasteiger partial charge in [0.15, 0.2) is 5.65 Å². The minimum Gasteiger partial charge on any atom is -0.481 e. The molecule has 2 atom stereocenters. The number of fused-ring (bicyclic) bond motifs is 1. The van der Waals surface area contributed by atoms with Gasteiger partial charge in [-0.15, -0.1) is 0 Å². The Bertz CT molecular complexity index is 957.